The molecule has 0 unspecified atom stereocenters. The van der Waals surface area contributed by atoms with Gasteiger partial charge in [-0.05, 0) is 37.1 Å². The fourth-order valence-corrected chi connectivity index (χ4v) is 2.45. The van der Waals surface area contributed by atoms with E-state index in [0.29, 0.717) is 22.4 Å². The Hall–Kier alpha value is -2.30. The molecule has 0 saturated heterocycles. The average molecular weight is 287 g/mol. The third kappa shape index (κ3) is 3.24. The zero-order chi connectivity index (χ0) is 15.4. The quantitative estimate of drug-likeness (QED) is 0.798. The number of aromatic nitrogens is 1. The molecular formula is C16H21N3O2. The van der Waals surface area contributed by atoms with Crippen LogP contribution in [0.15, 0.2) is 24.3 Å². The van der Waals surface area contributed by atoms with Gasteiger partial charge in [0.05, 0.1) is 11.1 Å². The number of benzene rings is 1. The van der Waals surface area contributed by atoms with Gasteiger partial charge >= 0.3 is 5.97 Å². The first-order valence-electron chi connectivity index (χ1n) is 7.25. The molecule has 112 valence electrons. The Morgan fingerprint density at radius 1 is 1.24 bits per heavy atom. The molecule has 0 aliphatic heterocycles. The number of rotatable bonds is 6. The largest absolute Gasteiger partial charge is 0.478 e. The first kappa shape index (κ1) is 15.1. The lowest BCUT2D eigenvalue weighted by atomic mass is 10.1. The summed E-state index contributed by atoms with van der Waals surface area (Å²) in [6.07, 6.45) is 1.98. The molecule has 0 amide bonds. The maximum absolute atomic E-state index is 11.5. The number of carboxylic acids is 1. The van der Waals surface area contributed by atoms with E-state index in [1.807, 2.05) is 0 Å². The molecule has 1 aromatic carbocycles. The van der Waals surface area contributed by atoms with Crippen molar-refractivity contribution in [3.05, 3.63) is 29.8 Å². The predicted molar refractivity (Wildman–Crippen MR) is 85.9 cm³/mol. The molecule has 0 aliphatic carbocycles. The average Bonchev–Trinajstić information content (AvgIpc) is 2.45. The van der Waals surface area contributed by atoms with Crippen LogP contribution in [0.1, 0.15) is 37.0 Å². The minimum absolute atomic E-state index is 0.250. The maximum atomic E-state index is 11.5. The van der Waals surface area contributed by atoms with Crippen LogP contribution >= 0.6 is 0 Å². The number of pyridine rings is 1. The maximum Gasteiger partial charge on any atom is 0.336 e. The number of carboxylic acid groups (broad SMARTS) is 1. The Kier molecular flexibility index (Phi) is 4.62. The van der Waals surface area contributed by atoms with Crippen molar-refractivity contribution in [1.82, 2.24) is 4.98 Å². The van der Waals surface area contributed by atoms with Crippen LogP contribution < -0.4 is 10.6 Å². The highest BCUT2D eigenvalue weighted by Gasteiger charge is 2.15. The number of nitrogen functional groups attached to an aromatic ring is 1. The van der Waals surface area contributed by atoms with E-state index < -0.39 is 5.97 Å². The van der Waals surface area contributed by atoms with Crippen LogP contribution in [0, 0.1) is 0 Å². The minimum Gasteiger partial charge on any atom is -0.478 e. The highest BCUT2D eigenvalue weighted by Crippen LogP contribution is 2.25. The van der Waals surface area contributed by atoms with Crippen molar-refractivity contribution in [1.29, 1.82) is 0 Å². The van der Waals surface area contributed by atoms with Gasteiger partial charge in [-0.3, -0.25) is 0 Å². The second-order valence-electron chi connectivity index (χ2n) is 5.10. The van der Waals surface area contributed by atoms with Gasteiger partial charge < -0.3 is 15.7 Å². The molecule has 5 heteroatoms. The Bertz CT molecular complexity index is 649. The summed E-state index contributed by atoms with van der Waals surface area (Å²) in [7, 11) is 0. The first-order valence-corrected chi connectivity index (χ1v) is 7.25. The van der Waals surface area contributed by atoms with Gasteiger partial charge in [0.2, 0.25) is 0 Å². The second-order valence-corrected chi connectivity index (χ2v) is 5.10. The second kappa shape index (κ2) is 6.43. The standard InChI is InChI=1S/C16H21N3O2/c1-3-7-19(8-4-2)15-10-13(16(20)21)12-9-11(17)5-6-14(12)18-15/h5-6,9-10H,3-4,7-8,17H2,1-2H3,(H,20,21). The van der Waals surface area contributed by atoms with E-state index in [-0.39, 0.29) is 5.56 Å². The summed E-state index contributed by atoms with van der Waals surface area (Å²) in [5, 5.41) is 10.0. The van der Waals surface area contributed by atoms with Gasteiger partial charge in [0, 0.05) is 24.2 Å². The normalized spacial score (nSPS) is 10.8. The first-order chi connectivity index (χ1) is 10.1. The highest BCUT2D eigenvalue weighted by molar-refractivity contribution is 6.04. The zero-order valence-corrected chi connectivity index (χ0v) is 12.5. The minimum atomic E-state index is -0.956. The molecule has 0 saturated carbocycles. The van der Waals surface area contributed by atoms with Crippen molar-refractivity contribution in [3.63, 3.8) is 0 Å². The van der Waals surface area contributed by atoms with Crippen LogP contribution in [0.3, 0.4) is 0 Å². The van der Waals surface area contributed by atoms with Crippen LogP contribution in [0.2, 0.25) is 0 Å². The van der Waals surface area contributed by atoms with Crippen LogP contribution in [0.5, 0.6) is 0 Å². The number of anilines is 2. The summed E-state index contributed by atoms with van der Waals surface area (Å²) in [4.78, 5) is 18.3. The van der Waals surface area contributed by atoms with Crippen LogP contribution in [-0.4, -0.2) is 29.1 Å². The van der Waals surface area contributed by atoms with E-state index >= 15 is 0 Å². The molecule has 0 aliphatic rings. The number of nitrogens with two attached hydrogens (primary N) is 1. The lowest BCUT2D eigenvalue weighted by Gasteiger charge is -2.23. The molecule has 5 nitrogen and oxygen atoms in total. The summed E-state index contributed by atoms with van der Waals surface area (Å²) in [5.74, 6) is -0.240. The van der Waals surface area contributed by atoms with Crippen molar-refractivity contribution in [3.8, 4) is 0 Å². The molecular weight excluding hydrogens is 266 g/mol. The molecule has 0 atom stereocenters. The van der Waals surface area contributed by atoms with Gasteiger partial charge in [-0.2, -0.15) is 0 Å². The Morgan fingerprint density at radius 3 is 2.48 bits per heavy atom. The summed E-state index contributed by atoms with van der Waals surface area (Å²) in [6.45, 7) is 5.92. The summed E-state index contributed by atoms with van der Waals surface area (Å²) in [6, 6.07) is 6.83. The summed E-state index contributed by atoms with van der Waals surface area (Å²) >= 11 is 0. The number of aromatic carboxylic acids is 1. The van der Waals surface area contributed by atoms with E-state index in [9.17, 15) is 9.90 Å². The molecule has 21 heavy (non-hydrogen) atoms. The van der Waals surface area contributed by atoms with Crippen LogP contribution in [0.25, 0.3) is 10.9 Å². The van der Waals surface area contributed by atoms with Crippen LogP contribution in [-0.2, 0) is 0 Å². The molecule has 0 radical (unpaired) electrons. The van der Waals surface area contributed by atoms with E-state index in [2.05, 4.69) is 23.7 Å². The van der Waals surface area contributed by atoms with Crippen molar-refractivity contribution in [2.24, 2.45) is 0 Å². The number of nitrogens with zero attached hydrogens (tertiary/aromatic N) is 2. The fourth-order valence-electron chi connectivity index (χ4n) is 2.45. The van der Waals surface area contributed by atoms with Gasteiger partial charge in [-0.15, -0.1) is 0 Å². The molecule has 1 aromatic heterocycles. The van der Waals surface area contributed by atoms with Gasteiger partial charge in [0.15, 0.2) is 0 Å². The van der Waals surface area contributed by atoms with Crippen LogP contribution in [0.4, 0.5) is 11.5 Å². The number of fused-ring (bicyclic) bond motifs is 1. The van der Waals surface area contributed by atoms with Crippen molar-refractivity contribution in [2.75, 3.05) is 23.7 Å². The van der Waals surface area contributed by atoms with E-state index in [1.54, 1.807) is 24.3 Å². The van der Waals surface area contributed by atoms with Crippen molar-refractivity contribution in [2.45, 2.75) is 26.7 Å². The predicted octanol–water partition coefficient (Wildman–Crippen LogP) is 3.14. The van der Waals surface area contributed by atoms with E-state index in [4.69, 9.17) is 5.73 Å². The molecule has 2 rings (SSSR count). The number of hydrogen-bond donors (Lipinski definition) is 2. The topological polar surface area (TPSA) is 79.5 Å². The summed E-state index contributed by atoms with van der Waals surface area (Å²) in [5.41, 5.74) is 7.21. The molecule has 0 spiro atoms. The third-order valence-electron chi connectivity index (χ3n) is 3.36. The fraction of sp³-hybridized carbons (Fsp3) is 0.375. The van der Waals surface area contributed by atoms with E-state index in [0.717, 1.165) is 25.9 Å². The van der Waals surface area contributed by atoms with E-state index in [1.165, 1.54) is 0 Å². The Balaban J connectivity index is 2.60. The molecule has 3 N–H and O–H groups in total. The molecule has 1 heterocycles. The van der Waals surface area contributed by atoms with Gasteiger partial charge in [-0.25, -0.2) is 9.78 Å². The zero-order valence-electron chi connectivity index (χ0n) is 12.5. The SMILES string of the molecule is CCCN(CCC)c1cc(C(=O)O)c2cc(N)ccc2n1. The third-order valence-corrected chi connectivity index (χ3v) is 3.36. The highest BCUT2D eigenvalue weighted by atomic mass is 16.4. The van der Waals surface area contributed by atoms with Gasteiger partial charge in [0.1, 0.15) is 5.82 Å². The van der Waals surface area contributed by atoms with Gasteiger partial charge in [0.25, 0.3) is 0 Å². The lowest BCUT2D eigenvalue weighted by molar-refractivity contribution is 0.0699. The lowest BCUT2D eigenvalue weighted by Crippen LogP contribution is -2.26. The summed E-state index contributed by atoms with van der Waals surface area (Å²) < 4.78 is 0. The molecule has 0 bridgehead atoms. The Morgan fingerprint density at radius 2 is 1.90 bits per heavy atom. The monoisotopic (exact) mass is 287 g/mol. The van der Waals surface area contributed by atoms with Crippen molar-refractivity contribution < 1.29 is 9.90 Å². The Labute approximate surface area is 124 Å². The molecule has 0 fully saturated rings. The number of hydrogen-bond acceptors (Lipinski definition) is 4. The molecule has 2 aromatic rings. The van der Waals surface area contributed by atoms with Crippen molar-refractivity contribution >= 4 is 28.4 Å². The van der Waals surface area contributed by atoms with Gasteiger partial charge in [-0.1, -0.05) is 13.8 Å². The number of carbonyl (C=O) groups is 1. The smallest absolute Gasteiger partial charge is 0.336 e.